The molecule has 1 atom stereocenters. The molecule has 2 aliphatic heterocycles. The molecule has 0 saturated carbocycles. The number of amides is 1. The van der Waals surface area contributed by atoms with Crippen LogP contribution in [-0.4, -0.2) is 65.1 Å². The van der Waals surface area contributed by atoms with Crippen LogP contribution in [0.25, 0.3) is 0 Å². The van der Waals surface area contributed by atoms with Gasteiger partial charge in [0.05, 0.1) is 17.2 Å². The van der Waals surface area contributed by atoms with E-state index in [0.717, 1.165) is 16.8 Å². The van der Waals surface area contributed by atoms with Gasteiger partial charge in [0, 0.05) is 31.3 Å². The van der Waals surface area contributed by atoms with Gasteiger partial charge >= 0.3 is 13.2 Å². The number of hydrogen-bond donors (Lipinski definition) is 1. The van der Waals surface area contributed by atoms with Crippen molar-refractivity contribution in [1.29, 1.82) is 0 Å². The standard InChI is InChI=1S/C21H34BN3O4/c1-14-11-17(23-12-15(14)22-28-20(5,6)21(7,8)29-22)24-9-10-25(18(26)27)16(13-24)19(2,3)4/h11-12,16H,9-10,13H2,1-8H3,(H,26,27). The quantitative estimate of drug-likeness (QED) is 0.766. The Morgan fingerprint density at radius 3 is 2.28 bits per heavy atom. The van der Waals surface area contributed by atoms with Gasteiger partial charge in [0.25, 0.3) is 0 Å². The number of anilines is 1. The van der Waals surface area contributed by atoms with Gasteiger partial charge in [-0.3, -0.25) is 0 Å². The van der Waals surface area contributed by atoms with Gasteiger partial charge in [-0.2, -0.15) is 0 Å². The summed E-state index contributed by atoms with van der Waals surface area (Å²) < 4.78 is 12.3. The van der Waals surface area contributed by atoms with E-state index in [-0.39, 0.29) is 11.5 Å². The van der Waals surface area contributed by atoms with Gasteiger partial charge in [-0.25, -0.2) is 9.78 Å². The van der Waals surface area contributed by atoms with Crippen molar-refractivity contribution in [3.8, 4) is 0 Å². The Labute approximate surface area is 174 Å². The number of hydrogen-bond acceptors (Lipinski definition) is 5. The lowest BCUT2D eigenvalue weighted by molar-refractivity contribution is 0.00578. The summed E-state index contributed by atoms with van der Waals surface area (Å²) in [5.41, 5.74) is 1.05. The smallest absolute Gasteiger partial charge is 0.465 e. The Balaban J connectivity index is 1.81. The number of piperazine rings is 1. The second kappa shape index (κ2) is 7.16. The van der Waals surface area contributed by atoms with Crippen molar-refractivity contribution in [1.82, 2.24) is 9.88 Å². The van der Waals surface area contributed by atoms with Crippen molar-refractivity contribution < 1.29 is 19.2 Å². The molecule has 2 aliphatic rings. The lowest BCUT2D eigenvalue weighted by Crippen LogP contribution is -2.59. The van der Waals surface area contributed by atoms with Crippen LogP contribution in [0.5, 0.6) is 0 Å². The van der Waals surface area contributed by atoms with E-state index in [4.69, 9.17) is 9.31 Å². The van der Waals surface area contributed by atoms with Crippen LogP contribution in [0, 0.1) is 12.3 Å². The highest BCUT2D eigenvalue weighted by Crippen LogP contribution is 2.37. The van der Waals surface area contributed by atoms with E-state index in [1.165, 1.54) is 0 Å². The largest absolute Gasteiger partial charge is 0.496 e. The number of pyridine rings is 1. The topological polar surface area (TPSA) is 75.1 Å². The van der Waals surface area contributed by atoms with E-state index in [9.17, 15) is 9.90 Å². The molecule has 1 aromatic heterocycles. The average Bonchev–Trinajstić information content (AvgIpc) is 2.80. The van der Waals surface area contributed by atoms with Crippen molar-refractivity contribution in [2.75, 3.05) is 24.5 Å². The first kappa shape index (κ1) is 21.9. The van der Waals surface area contributed by atoms with E-state index in [0.29, 0.717) is 19.6 Å². The van der Waals surface area contributed by atoms with Crippen LogP contribution < -0.4 is 10.4 Å². The number of rotatable bonds is 2. The van der Waals surface area contributed by atoms with Gasteiger partial charge in [-0.1, -0.05) is 20.8 Å². The first-order chi connectivity index (χ1) is 13.2. The summed E-state index contributed by atoms with van der Waals surface area (Å²) in [5, 5.41) is 9.58. The molecule has 7 nitrogen and oxygen atoms in total. The fourth-order valence-corrected chi connectivity index (χ4v) is 3.90. The minimum atomic E-state index is -0.857. The van der Waals surface area contributed by atoms with E-state index in [2.05, 4.69) is 36.7 Å². The molecule has 1 amide bonds. The molecule has 3 rings (SSSR count). The zero-order chi connectivity index (χ0) is 21.8. The summed E-state index contributed by atoms with van der Waals surface area (Å²) in [4.78, 5) is 20.1. The van der Waals surface area contributed by atoms with Crippen LogP contribution in [0.15, 0.2) is 12.3 Å². The second-order valence-electron chi connectivity index (χ2n) is 10.3. The molecule has 2 saturated heterocycles. The third-order valence-electron chi connectivity index (χ3n) is 6.59. The monoisotopic (exact) mass is 403 g/mol. The molecular formula is C21H34BN3O4. The third-order valence-corrected chi connectivity index (χ3v) is 6.59. The average molecular weight is 403 g/mol. The maximum absolute atomic E-state index is 11.7. The van der Waals surface area contributed by atoms with Crippen LogP contribution in [0.2, 0.25) is 0 Å². The first-order valence-corrected chi connectivity index (χ1v) is 10.3. The predicted octanol–water partition coefficient (Wildman–Crippen LogP) is 2.90. The molecular weight excluding hydrogens is 369 g/mol. The minimum Gasteiger partial charge on any atom is -0.465 e. The zero-order valence-corrected chi connectivity index (χ0v) is 18.9. The Bertz CT molecular complexity index is 775. The number of carbonyl (C=O) groups is 1. The fourth-order valence-electron chi connectivity index (χ4n) is 3.90. The van der Waals surface area contributed by atoms with E-state index in [1.807, 2.05) is 40.8 Å². The van der Waals surface area contributed by atoms with Crippen molar-refractivity contribution in [2.24, 2.45) is 5.41 Å². The summed E-state index contributed by atoms with van der Waals surface area (Å²) in [7, 11) is -0.437. The number of aryl methyl sites for hydroxylation is 1. The maximum atomic E-state index is 11.7. The molecule has 160 valence electrons. The summed E-state index contributed by atoms with van der Waals surface area (Å²) in [6, 6.07) is 1.95. The molecule has 1 aromatic rings. The van der Waals surface area contributed by atoms with E-state index >= 15 is 0 Å². The van der Waals surface area contributed by atoms with Crippen molar-refractivity contribution in [3.05, 3.63) is 17.8 Å². The van der Waals surface area contributed by atoms with Gasteiger partial charge < -0.3 is 24.2 Å². The molecule has 0 bridgehead atoms. The van der Waals surface area contributed by atoms with Gasteiger partial charge in [-0.05, 0) is 51.7 Å². The first-order valence-electron chi connectivity index (χ1n) is 10.3. The van der Waals surface area contributed by atoms with Crippen molar-refractivity contribution in [2.45, 2.75) is 72.6 Å². The fraction of sp³-hybridized carbons (Fsp3) is 0.714. The highest BCUT2D eigenvalue weighted by atomic mass is 16.7. The van der Waals surface area contributed by atoms with Crippen molar-refractivity contribution >= 4 is 24.5 Å². The summed E-state index contributed by atoms with van der Waals surface area (Å²) in [6.45, 7) is 18.2. The number of carboxylic acid groups (broad SMARTS) is 1. The molecule has 1 N–H and O–H groups in total. The zero-order valence-electron chi connectivity index (χ0n) is 18.9. The van der Waals surface area contributed by atoms with E-state index < -0.39 is 24.4 Å². The summed E-state index contributed by atoms with van der Waals surface area (Å²) in [6.07, 6.45) is 0.979. The molecule has 2 fully saturated rings. The van der Waals surface area contributed by atoms with Crippen LogP contribution >= 0.6 is 0 Å². The lowest BCUT2D eigenvalue weighted by Gasteiger charge is -2.46. The molecule has 1 unspecified atom stereocenters. The number of aromatic nitrogens is 1. The molecule has 0 aromatic carbocycles. The number of nitrogens with zero attached hydrogens (tertiary/aromatic N) is 3. The van der Waals surface area contributed by atoms with Gasteiger partial charge in [0.15, 0.2) is 0 Å². The molecule has 0 spiro atoms. The normalized spacial score (nSPS) is 24.1. The summed E-state index contributed by atoms with van der Waals surface area (Å²) >= 11 is 0. The van der Waals surface area contributed by atoms with Gasteiger partial charge in [0.1, 0.15) is 5.82 Å². The molecule has 8 heteroatoms. The highest BCUT2D eigenvalue weighted by molar-refractivity contribution is 6.62. The van der Waals surface area contributed by atoms with Crippen LogP contribution in [-0.2, 0) is 9.31 Å². The SMILES string of the molecule is Cc1cc(N2CCN(C(=O)O)C(C(C)(C)C)C2)ncc1B1OC(C)(C)C(C)(C)O1. The van der Waals surface area contributed by atoms with Gasteiger partial charge in [-0.15, -0.1) is 0 Å². The highest BCUT2D eigenvalue weighted by Gasteiger charge is 2.52. The van der Waals surface area contributed by atoms with Gasteiger partial charge in [0.2, 0.25) is 0 Å². The molecule has 0 aliphatic carbocycles. The Morgan fingerprint density at radius 2 is 1.79 bits per heavy atom. The second-order valence-corrected chi connectivity index (χ2v) is 10.3. The van der Waals surface area contributed by atoms with Crippen LogP contribution in [0.1, 0.15) is 54.0 Å². The lowest BCUT2D eigenvalue weighted by atomic mass is 9.77. The molecule has 3 heterocycles. The Hall–Kier alpha value is -1.80. The van der Waals surface area contributed by atoms with Crippen LogP contribution in [0.3, 0.4) is 0 Å². The van der Waals surface area contributed by atoms with E-state index in [1.54, 1.807) is 4.90 Å². The third kappa shape index (κ3) is 4.10. The van der Waals surface area contributed by atoms with Crippen LogP contribution in [0.4, 0.5) is 10.6 Å². The minimum absolute atomic E-state index is 0.0985. The maximum Gasteiger partial charge on any atom is 0.496 e. The Morgan fingerprint density at radius 1 is 1.21 bits per heavy atom. The molecule has 0 radical (unpaired) electrons. The summed E-state index contributed by atoms with van der Waals surface area (Å²) in [5.74, 6) is 0.863. The Kier molecular flexibility index (Phi) is 5.41. The molecule has 29 heavy (non-hydrogen) atoms. The van der Waals surface area contributed by atoms with Crippen molar-refractivity contribution in [3.63, 3.8) is 0 Å². The predicted molar refractivity (Wildman–Crippen MR) is 115 cm³/mol.